The molecule has 6 heteroatoms. The fourth-order valence-corrected chi connectivity index (χ4v) is 1.20. The van der Waals surface area contributed by atoms with E-state index in [0.717, 1.165) is 0 Å². The molecular weight excluding hydrogens is 206 g/mol. The average Bonchev–Trinajstić information content (AvgIpc) is 2.30. The second kappa shape index (κ2) is 6.62. The highest BCUT2D eigenvalue weighted by Gasteiger charge is 1.99. The zero-order chi connectivity index (χ0) is 11.8. The van der Waals surface area contributed by atoms with Gasteiger partial charge in [0.1, 0.15) is 11.6 Å². The smallest absolute Gasteiger partial charge is 0.221 e. The summed E-state index contributed by atoms with van der Waals surface area (Å²) >= 11 is 0. The quantitative estimate of drug-likeness (QED) is 0.411. The second-order valence-electron chi connectivity index (χ2n) is 3.18. The van der Waals surface area contributed by atoms with Crippen molar-refractivity contribution in [3.05, 3.63) is 18.2 Å². The maximum atomic E-state index is 11.2. The average molecular weight is 223 g/mol. The van der Waals surface area contributed by atoms with E-state index in [0.29, 0.717) is 31.1 Å². The molecule has 0 radical (unpaired) electrons. The number of aromatic nitrogens is 1. The molecule has 88 valence electrons. The SMILES string of the molecule is CCNC(=O)CCNc1cccc(NN)n1. The Labute approximate surface area is 94.6 Å². The van der Waals surface area contributed by atoms with Crippen LogP contribution >= 0.6 is 0 Å². The Morgan fingerprint density at radius 1 is 1.44 bits per heavy atom. The van der Waals surface area contributed by atoms with Gasteiger partial charge in [0, 0.05) is 19.5 Å². The molecule has 6 nitrogen and oxygen atoms in total. The van der Waals surface area contributed by atoms with Crippen LogP contribution in [0.15, 0.2) is 18.2 Å². The number of carbonyl (C=O) groups is 1. The molecule has 0 unspecified atom stereocenters. The Morgan fingerprint density at radius 2 is 2.19 bits per heavy atom. The number of hydrogen-bond acceptors (Lipinski definition) is 5. The number of anilines is 2. The van der Waals surface area contributed by atoms with Gasteiger partial charge in [0.05, 0.1) is 0 Å². The largest absolute Gasteiger partial charge is 0.369 e. The molecule has 0 aliphatic carbocycles. The minimum Gasteiger partial charge on any atom is -0.369 e. The highest BCUT2D eigenvalue weighted by atomic mass is 16.1. The van der Waals surface area contributed by atoms with E-state index in [2.05, 4.69) is 21.0 Å². The Kier molecular flexibility index (Phi) is 5.07. The molecule has 0 aliphatic heterocycles. The van der Waals surface area contributed by atoms with Gasteiger partial charge in [-0.15, -0.1) is 0 Å². The first-order chi connectivity index (χ1) is 7.76. The van der Waals surface area contributed by atoms with Crippen molar-refractivity contribution in [1.29, 1.82) is 0 Å². The third kappa shape index (κ3) is 4.14. The summed E-state index contributed by atoms with van der Waals surface area (Å²) in [6, 6.07) is 5.41. The van der Waals surface area contributed by atoms with Crippen molar-refractivity contribution in [2.24, 2.45) is 5.84 Å². The minimum atomic E-state index is 0.0307. The minimum absolute atomic E-state index is 0.0307. The molecule has 0 saturated carbocycles. The van der Waals surface area contributed by atoms with E-state index in [9.17, 15) is 4.79 Å². The van der Waals surface area contributed by atoms with Crippen molar-refractivity contribution in [1.82, 2.24) is 10.3 Å². The first-order valence-corrected chi connectivity index (χ1v) is 5.20. The normalized spacial score (nSPS) is 9.62. The van der Waals surface area contributed by atoms with Crippen LogP contribution in [0, 0.1) is 0 Å². The molecule has 1 amide bonds. The zero-order valence-corrected chi connectivity index (χ0v) is 9.29. The van der Waals surface area contributed by atoms with Crippen molar-refractivity contribution < 1.29 is 4.79 Å². The summed E-state index contributed by atoms with van der Waals surface area (Å²) in [6.45, 7) is 3.10. The number of hydrazine groups is 1. The van der Waals surface area contributed by atoms with Gasteiger partial charge >= 0.3 is 0 Å². The topological polar surface area (TPSA) is 92.1 Å². The molecule has 0 aliphatic rings. The summed E-state index contributed by atoms with van der Waals surface area (Å²) in [5, 5.41) is 5.76. The van der Waals surface area contributed by atoms with Gasteiger partial charge in [-0.05, 0) is 19.1 Å². The third-order valence-electron chi connectivity index (χ3n) is 1.93. The van der Waals surface area contributed by atoms with E-state index in [1.807, 2.05) is 19.1 Å². The summed E-state index contributed by atoms with van der Waals surface area (Å²) in [5.41, 5.74) is 2.46. The van der Waals surface area contributed by atoms with Crippen LogP contribution in [-0.2, 0) is 4.79 Å². The number of hydrogen-bond donors (Lipinski definition) is 4. The summed E-state index contributed by atoms with van der Waals surface area (Å²) in [6.07, 6.45) is 0.426. The van der Waals surface area contributed by atoms with Gasteiger partial charge < -0.3 is 16.1 Å². The first-order valence-electron chi connectivity index (χ1n) is 5.20. The van der Waals surface area contributed by atoms with Crippen LogP contribution in [0.1, 0.15) is 13.3 Å². The fourth-order valence-electron chi connectivity index (χ4n) is 1.20. The van der Waals surface area contributed by atoms with E-state index in [-0.39, 0.29) is 5.91 Å². The molecule has 0 atom stereocenters. The number of pyridine rings is 1. The van der Waals surface area contributed by atoms with E-state index in [1.54, 1.807) is 6.07 Å². The van der Waals surface area contributed by atoms with Crippen molar-refractivity contribution >= 4 is 17.5 Å². The first kappa shape index (κ1) is 12.3. The second-order valence-corrected chi connectivity index (χ2v) is 3.18. The monoisotopic (exact) mass is 223 g/mol. The van der Waals surface area contributed by atoms with Crippen molar-refractivity contribution in [3.63, 3.8) is 0 Å². The molecule has 5 N–H and O–H groups in total. The van der Waals surface area contributed by atoms with Gasteiger partial charge in [0.15, 0.2) is 0 Å². The lowest BCUT2D eigenvalue weighted by molar-refractivity contribution is -0.120. The number of nitrogen functional groups attached to an aromatic ring is 1. The molecule has 0 saturated heterocycles. The highest BCUT2D eigenvalue weighted by Crippen LogP contribution is 2.07. The lowest BCUT2D eigenvalue weighted by atomic mass is 10.3. The lowest BCUT2D eigenvalue weighted by Crippen LogP contribution is -2.24. The number of nitrogens with zero attached hydrogens (tertiary/aromatic N) is 1. The van der Waals surface area contributed by atoms with Crippen LogP contribution in [0.25, 0.3) is 0 Å². The van der Waals surface area contributed by atoms with Gasteiger partial charge in [-0.1, -0.05) is 6.07 Å². The van der Waals surface area contributed by atoms with Crippen molar-refractivity contribution in [3.8, 4) is 0 Å². The Morgan fingerprint density at radius 3 is 2.88 bits per heavy atom. The zero-order valence-electron chi connectivity index (χ0n) is 9.29. The number of nitrogens with two attached hydrogens (primary N) is 1. The van der Waals surface area contributed by atoms with Gasteiger partial charge in [-0.2, -0.15) is 0 Å². The molecule has 1 aromatic heterocycles. The van der Waals surface area contributed by atoms with E-state index in [4.69, 9.17) is 5.84 Å². The Hall–Kier alpha value is -1.82. The molecule has 0 bridgehead atoms. The highest BCUT2D eigenvalue weighted by molar-refractivity contribution is 5.76. The molecule has 0 aromatic carbocycles. The van der Waals surface area contributed by atoms with Crippen LogP contribution < -0.4 is 21.9 Å². The number of rotatable bonds is 6. The molecule has 1 aromatic rings. The summed E-state index contributed by atoms with van der Waals surface area (Å²) in [4.78, 5) is 15.3. The molecular formula is C10H17N5O. The van der Waals surface area contributed by atoms with Crippen molar-refractivity contribution in [2.75, 3.05) is 23.8 Å². The molecule has 0 fully saturated rings. The van der Waals surface area contributed by atoms with Gasteiger partial charge in [0.25, 0.3) is 0 Å². The molecule has 0 spiro atoms. The summed E-state index contributed by atoms with van der Waals surface area (Å²) in [7, 11) is 0. The van der Waals surface area contributed by atoms with Crippen LogP contribution in [0.4, 0.5) is 11.6 Å². The predicted octanol–water partition coefficient (Wildman–Crippen LogP) is 0.305. The maximum absolute atomic E-state index is 11.2. The third-order valence-corrected chi connectivity index (χ3v) is 1.93. The molecule has 1 heterocycles. The number of carbonyl (C=O) groups excluding carboxylic acids is 1. The number of nitrogens with one attached hydrogen (secondary N) is 3. The van der Waals surface area contributed by atoms with E-state index >= 15 is 0 Å². The maximum Gasteiger partial charge on any atom is 0.221 e. The van der Waals surface area contributed by atoms with E-state index < -0.39 is 0 Å². The van der Waals surface area contributed by atoms with Gasteiger partial charge in [-0.25, -0.2) is 10.8 Å². The standard InChI is InChI=1S/C10H17N5O/c1-2-12-10(16)6-7-13-8-4-3-5-9(14-8)15-11/h3-5H,2,6-7,11H2,1H3,(H,12,16)(H2,13,14,15). The Balaban J connectivity index is 2.34. The fraction of sp³-hybridized carbons (Fsp3) is 0.400. The van der Waals surface area contributed by atoms with Crippen LogP contribution in [-0.4, -0.2) is 24.0 Å². The molecule has 1 rings (SSSR count). The van der Waals surface area contributed by atoms with Gasteiger partial charge in [0.2, 0.25) is 5.91 Å². The predicted molar refractivity (Wildman–Crippen MR) is 63.8 cm³/mol. The van der Waals surface area contributed by atoms with Crippen LogP contribution in [0.2, 0.25) is 0 Å². The van der Waals surface area contributed by atoms with Gasteiger partial charge in [-0.3, -0.25) is 4.79 Å². The number of amides is 1. The summed E-state index contributed by atoms with van der Waals surface area (Å²) < 4.78 is 0. The van der Waals surface area contributed by atoms with Crippen molar-refractivity contribution in [2.45, 2.75) is 13.3 Å². The van der Waals surface area contributed by atoms with Crippen LogP contribution in [0.5, 0.6) is 0 Å². The summed E-state index contributed by atoms with van der Waals surface area (Å²) in [5.74, 6) is 6.54. The van der Waals surface area contributed by atoms with E-state index in [1.165, 1.54) is 0 Å². The van der Waals surface area contributed by atoms with Crippen LogP contribution in [0.3, 0.4) is 0 Å². The lowest BCUT2D eigenvalue weighted by Gasteiger charge is -2.06. The molecule has 16 heavy (non-hydrogen) atoms. The Bertz CT molecular complexity index is 342.